The molecule has 0 aliphatic carbocycles. The number of aliphatic hydroxyl groups excluding tert-OH is 1. The van der Waals surface area contributed by atoms with E-state index in [9.17, 15) is 9.90 Å². The fraction of sp³-hybridized carbons (Fsp3) is 0.769. The Hall–Kier alpha value is -0.910. The first-order valence-electron chi connectivity index (χ1n) is 6.31. The number of aliphatic hydroxyl groups is 1. The molecule has 0 bridgehead atoms. The number of hydrogen-bond acceptors (Lipinski definition) is 4. The fourth-order valence-corrected chi connectivity index (χ4v) is 2.22. The van der Waals surface area contributed by atoms with Crippen LogP contribution in [0.4, 0.5) is 0 Å². The van der Waals surface area contributed by atoms with Crippen molar-refractivity contribution >= 4 is 5.91 Å². The Morgan fingerprint density at radius 2 is 2.39 bits per heavy atom. The summed E-state index contributed by atoms with van der Waals surface area (Å²) in [6, 6.07) is -0.234. The SMILES string of the molecule is C=CCNC(=O)C(C)N1CC(CO)OC(C)(C)C1. The summed E-state index contributed by atoms with van der Waals surface area (Å²) >= 11 is 0. The molecular formula is C13H24N2O3. The Morgan fingerprint density at radius 1 is 1.72 bits per heavy atom. The van der Waals surface area contributed by atoms with E-state index in [2.05, 4.69) is 11.9 Å². The van der Waals surface area contributed by atoms with Crippen molar-refractivity contribution in [3.05, 3.63) is 12.7 Å². The van der Waals surface area contributed by atoms with Gasteiger partial charge in [0.25, 0.3) is 0 Å². The largest absolute Gasteiger partial charge is 0.394 e. The summed E-state index contributed by atoms with van der Waals surface area (Å²) in [5, 5.41) is 12.0. The number of morpholine rings is 1. The lowest BCUT2D eigenvalue weighted by molar-refractivity contribution is -0.160. The second kappa shape index (κ2) is 6.31. The molecule has 0 saturated carbocycles. The van der Waals surface area contributed by atoms with E-state index in [1.54, 1.807) is 6.08 Å². The average molecular weight is 256 g/mol. The van der Waals surface area contributed by atoms with Crippen molar-refractivity contribution in [2.24, 2.45) is 0 Å². The maximum absolute atomic E-state index is 11.9. The van der Waals surface area contributed by atoms with Crippen molar-refractivity contribution in [3.8, 4) is 0 Å². The molecule has 104 valence electrons. The minimum atomic E-state index is -0.349. The van der Waals surface area contributed by atoms with Crippen LogP contribution in [0.2, 0.25) is 0 Å². The number of nitrogens with one attached hydrogen (secondary N) is 1. The summed E-state index contributed by atoms with van der Waals surface area (Å²) in [7, 11) is 0. The standard InChI is InChI=1S/C13H24N2O3/c1-5-6-14-12(17)10(2)15-7-11(8-16)18-13(3,4)9-15/h5,10-11,16H,1,6-9H2,2-4H3,(H,14,17). The molecule has 1 amide bonds. The van der Waals surface area contributed by atoms with Crippen molar-refractivity contribution in [3.63, 3.8) is 0 Å². The molecule has 2 unspecified atom stereocenters. The lowest BCUT2D eigenvalue weighted by Crippen LogP contribution is -2.59. The van der Waals surface area contributed by atoms with Gasteiger partial charge in [-0.3, -0.25) is 9.69 Å². The number of amides is 1. The molecule has 1 saturated heterocycles. The number of nitrogens with zero attached hydrogens (tertiary/aromatic N) is 1. The summed E-state index contributed by atoms with van der Waals surface area (Å²) in [5.74, 6) is -0.0238. The molecule has 5 heteroatoms. The molecule has 1 aliphatic heterocycles. The second-order valence-corrected chi connectivity index (χ2v) is 5.32. The van der Waals surface area contributed by atoms with Crippen LogP contribution in [0.1, 0.15) is 20.8 Å². The van der Waals surface area contributed by atoms with E-state index in [4.69, 9.17) is 4.74 Å². The number of carbonyl (C=O) groups is 1. The molecule has 0 aromatic carbocycles. The summed E-state index contributed by atoms with van der Waals surface area (Å²) in [4.78, 5) is 13.9. The predicted octanol–water partition coefficient (Wildman–Crippen LogP) is 0.149. The first kappa shape index (κ1) is 15.1. The summed E-state index contributed by atoms with van der Waals surface area (Å²) < 4.78 is 5.72. The van der Waals surface area contributed by atoms with Gasteiger partial charge in [0.05, 0.1) is 24.4 Å². The lowest BCUT2D eigenvalue weighted by atomic mass is 10.0. The van der Waals surface area contributed by atoms with Crippen LogP contribution in [0.3, 0.4) is 0 Å². The molecular weight excluding hydrogens is 232 g/mol. The van der Waals surface area contributed by atoms with Crippen LogP contribution < -0.4 is 5.32 Å². The number of ether oxygens (including phenoxy) is 1. The summed E-state index contributed by atoms with van der Waals surface area (Å²) in [6.45, 7) is 11.1. The Morgan fingerprint density at radius 3 is 2.94 bits per heavy atom. The maximum Gasteiger partial charge on any atom is 0.237 e. The van der Waals surface area contributed by atoms with Gasteiger partial charge in [-0.15, -0.1) is 6.58 Å². The highest BCUT2D eigenvalue weighted by atomic mass is 16.5. The first-order valence-corrected chi connectivity index (χ1v) is 6.31. The molecule has 2 atom stereocenters. The predicted molar refractivity (Wildman–Crippen MR) is 70.3 cm³/mol. The average Bonchev–Trinajstić information content (AvgIpc) is 2.32. The molecule has 0 aromatic heterocycles. The van der Waals surface area contributed by atoms with E-state index < -0.39 is 0 Å². The van der Waals surface area contributed by atoms with Crippen LogP contribution in [0.25, 0.3) is 0 Å². The van der Waals surface area contributed by atoms with E-state index in [1.807, 2.05) is 25.7 Å². The first-order chi connectivity index (χ1) is 8.39. The molecule has 2 N–H and O–H groups in total. The molecule has 1 fully saturated rings. The maximum atomic E-state index is 11.9. The Kier molecular flexibility index (Phi) is 5.31. The van der Waals surface area contributed by atoms with Gasteiger partial charge >= 0.3 is 0 Å². The Bertz CT molecular complexity index is 305. The van der Waals surface area contributed by atoms with Gasteiger partial charge in [0.15, 0.2) is 0 Å². The van der Waals surface area contributed by atoms with Gasteiger partial charge in [-0.2, -0.15) is 0 Å². The number of rotatable bonds is 5. The van der Waals surface area contributed by atoms with Gasteiger partial charge in [0.2, 0.25) is 5.91 Å². The third kappa shape index (κ3) is 4.08. The van der Waals surface area contributed by atoms with Gasteiger partial charge < -0.3 is 15.2 Å². The van der Waals surface area contributed by atoms with Crippen molar-refractivity contribution in [1.29, 1.82) is 0 Å². The second-order valence-electron chi connectivity index (χ2n) is 5.32. The normalized spacial score (nSPS) is 25.4. The number of hydrogen-bond donors (Lipinski definition) is 2. The highest BCUT2D eigenvalue weighted by Gasteiger charge is 2.36. The van der Waals surface area contributed by atoms with Gasteiger partial charge in [0, 0.05) is 19.6 Å². The Balaban J connectivity index is 2.63. The molecule has 1 rings (SSSR count). The lowest BCUT2D eigenvalue weighted by Gasteiger charge is -2.44. The van der Waals surface area contributed by atoms with Crippen LogP contribution in [0, 0.1) is 0 Å². The molecule has 18 heavy (non-hydrogen) atoms. The smallest absolute Gasteiger partial charge is 0.237 e. The van der Waals surface area contributed by atoms with Gasteiger partial charge in [-0.1, -0.05) is 6.08 Å². The van der Waals surface area contributed by atoms with Crippen molar-refractivity contribution in [2.45, 2.75) is 38.5 Å². The minimum absolute atomic E-state index is 0.0238. The zero-order chi connectivity index (χ0) is 13.8. The van der Waals surface area contributed by atoms with E-state index in [-0.39, 0.29) is 30.3 Å². The van der Waals surface area contributed by atoms with Crippen LogP contribution in [0.15, 0.2) is 12.7 Å². The third-order valence-corrected chi connectivity index (χ3v) is 3.06. The van der Waals surface area contributed by atoms with Crippen molar-refractivity contribution < 1.29 is 14.6 Å². The van der Waals surface area contributed by atoms with E-state index in [1.165, 1.54) is 0 Å². The van der Waals surface area contributed by atoms with Crippen LogP contribution >= 0.6 is 0 Å². The monoisotopic (exact) mass is 256 g/mol. The minimum Gasteiger partial charge on any atom is -0.394 e. The van der Waals surface area contributed by atoms with Gasteiger partial charge in [-0.25, -0.2) is 0 Å². The highest BCUT2D eigenvalue weighted by Crippen LogP contribution is 2.22. The molecule has 0 spiro atoms. The fourth-order valence-electron chi connectivity index (χ4n) is 2.22. The number of carbonyl (C=O) groups excluding carboxylic acids is 1. The van der Waals surface area contributed by atoms with Crippen molar-refractivity contribution in [2.75, 3.05) is 26.2 Å². The Labute approximate surface area is 109 Å². The summed E-state index contributed by atoms with van der Waals surface area (Å²) in [5.41, 5.74) is -0.349. The highest BCUT2D eigenvalue weighted by molar-refractivity contribution is 5.81. The van der Waals surface area contributed by atoms with E-state index >= 15 is 0 Å². The van der Waals surface area contributed by atoms with Gasteiger partial charge in [-0.05, 0) is 20.8 Å². The summed E-state index contributed by atoms with van der Waals surface area (Å²) in [6.07, 6.45) is 1.42. The molecule has 0 radical (unpaired) electrons. The van der Waals surface area contributed by atoms with Crippen molar-refractivity contribution in [1.82, 2.24) is 10.2 Å². The van der Waals surface area contributed by atoms with Crippen LogP contribution in [0.5, 0.6) is 0 Å². The molecule has 5 nitrogen and oxygen atoms in total. The van der Waals surface area contributed by atoms with Crippen LogP contribution in [-0.4, -0.2) is 59.9 Å². The topological polar surface area (TPSA) is 61.8 Å². The quantitative estimate of drug-likeness (QED) is 0.687. The zero-order valence-corrected chi connectivity index (χ0v) is 11.5. The zero-order valence-electron chi connectivity index (χ0n) is 11.5. The van der Waals surface area contributed by atoms with E-state index in [0.717, 1.165) is 0 Å². The molecule has 1 aliphatic rings. The van der Waals surface area contributed by atoms with E-state index in [0.29, 0.717) is 19.6 Å². The third-order valence-electron chi connectivity index (χ3n) is 3.06. The van der Waals surface area contributed by atoms with Crippen LogP contribution in [-0.2, 0) is 9.53 Å². The van der Waals surface area contributed by atoms with Gasteiger partial charge in [0.1, 0.15) is 0 Å². The molecule has 0 aromatic rings. The molecule has 1 heterocycles.